The molecule has 1 aromatic heterocycles. The molecule has 4 heterocycles. The molecule has 0 spiro atoms. The highest BCUT2D eigenvalue weighted by molar-refractivity contribution is 7.95. The van der Waals surface area contributed by atoms with Gasteiger partial charge in [-0.15, -0.1) is 4.33 Å². The van der Waals surface area contributed by atoms with Gasteiger partial charge < -0.3 is 24.3 Å². The Kier molecular flexibility index (Phi) is 19.3. The topological polar surface area (TPSA) is 204 Å². The summed E-state index contributed by atoms with van der Waals surface area (Å²) in [4.78, 5) is 9.91. The van der Waals surface area contributed by atoms with E-state index in [4.69, 9.17) is 33.2 Å². The first kappa shape index (κ1) is 57.5. The van der Waals surface area contributed by atoms with E-state index in [1.807, 2.05) is 36.4 Å². The van der Waals surface area contributed by atoms with Gasteiger partial charge >= 0.3 is 0 Å². The van der Waals surface area contributed by atoms with Gasteiger partial charge in [-0.25, -0.2) is 10.2 Å². The molecule has 0 amide bonds. The van der Waals surface area contributed by atoms with E-state index in [1.165, 1.54) is 89.9 Å². The molecule has 440 valence electrons. The van der Waals surface area contributed by atoms with Gasteiger partial charge in [0, 0.05) is 54.7 Å². The molecule has 3 aliphatic heterocycles. The molecule has 2 aromatic carbocycles. The number of anilines is 1. The van der Waals surface area contributed by atoms with Crippen LogP contribution in [-0.2, 0) is 40.1 Å². The Labute approximate surface area is 479 Å². The van der Waals surface area contributed by atoms with E-state index in [1.54, 1.807) is 6.07 Å². The second kappa shape index (κ2) is 26.9. The highest BCUT2D eigenvalue weighted by Gasteiger charge is 2.42. The molecule has 12 rings (SSSR count). The molecule has 16 nitrogen and oxygen atoms in total. The number of hydrogen-bond acceptors (Lipinski definition) is 16. The van der Waals surface area contributed by atoms with E-state index in [0.717, 1.165) is 105 Å². The van der Waals surface area contributed by atoms with Crippen LogP contribution in [0, 0.1) is 47.3 Å². The lowest BCUT2D eigenvalue weighted by molar-refractivity contribution is -0.432. The van der Waals surface area contributed by atoms with Gasteiger partial charge in [-0.3, -0.25) is 20.5 Å². The Morgan fingerprint density at radius 3 is 2.14 bits per heavy atom. The van der Waals surface area contributed by atoms with Crippen LogP contribution in [0.2, 0.25) is 0 Å². The molecular weight excluding hydrogens is 1050 g/mol. The largest absolute Gasteiger partial charge is 0.439 e. The highest BCUT2D eigenvalue weighted by atomic mass is 32.2. The van der Waals surface area contributed by atoms with Crippen LogP contribution < -0.4 is 26.0 Å². The summed E-state index contributed by atoms with van der Waals surface area (Å²) in [5.74, 6) is 6.27. The highest BCUT2D eigenvalue weighted by Crippen LogP contribution is 2.44. The average Bonchev–Trinajstić information content (AvgIpc) is 3.46. The van der Waals surface area contributed by atoms with E-state index in [0.29, 0.717) is 60.3 Å². The number of rotatable bonds is 18. The standard InChI is InChI=1S/C62H90N6O10S2/c69-77-78-79-55-31-49(63-59-35-61(75-51-25-21-39-9-1-3-11-43(39)27-51)67-57(65-59)33-53-29-45-13-5-7-15-47(45)37-73-53)23-19-41(55)17-18-42-20-24-50(32-56(42)80(70,71)72)64-60-36-62(76-52-26-22-40-10-2-4-12-44(40)28-52)68-58(66-60)34-54-30-46-14-6-8-16-48(46)38-74-54/h2,4,10,12,17-18,22,26,28,36,39,41-43,45-51,53-57,59,61,63,65,67,69H,1,3,5-9,11,13-16,19-21,23-25,27,29-35,37-38H2,(H,64,66,68)(H,70,71,72). The first-order chi connectivity index (χ1) is 39.1. The number of aromatic nitrogens is 2. The molecule has 0 bridgehead atoms. The lowest BCUT2D eigenvalue weighted by Crippen LogP contribution is -2.65. The van der Waals surface area contributed by atoms with Gasteiger partial charge in [-0.2, -0.15) is 13.4 Å². The van der Waals surface area contributed by atoms with Crippen LogP contribution in [0.15, 0.2) is 60.7 Å². The maximum Gasteiger partial charge on any atom is 0.268 e. The number of allylic oxidation sites excluding steroid dienone is 2. The molecule has 18 heteroatoms. The summed E-state index contributed by atoms with van der Waals surface area (Å²) in [7, 11) is -4.44. The van der Waals surface area contributed by atoms with E-state index < -0.39 is 21.3 Å². The van der Waals surface area contributed by atoms with E-state index in [2.05, 4.69) is 44.5 Å². The molecular formula is C62H90N6O10S2. The van der Waals surface area contributed by atoms with Crippen LogP contribution in [0.3, 0.4) is 0 Å². The third kappa shape index (κ3) is 14.9. The van der Waals surface area contributed by atoms with Crippen molar-refractivity contribution >= 4 is 38.8 Å². The third-order valence-corrected chi connectivity index (χ3v) is 22.9. The number of hydrogen-bond donors (Lipinski definition) is 6. The second-order valence-corrected chi connectivity index (χ2v) is 28.5. The van der Waals surface area contributed by atoms with E-state index in [9.17, 15) is 18.2 Å². The van der Waals surface area contributed by atoms with Crippen molar-refractivity contribution in [2.75, 3.05) is 18.5 Å². The summed E-state index contributed by atoms with van der Waals surface area (Å²) in [5.41, 5.74) is 0. The van der Waals surface area contributed by atoms with Crippen molar-refractivity contribution in [2.24, 2.45) is 47.3 Å². The van der Waals surface area contributed by atoms with E-state index in [-0.39, 0.29) is 66.5 Å². The van der Waals surface area contributed by atoms with Gasteiger partial charge in [0.05, 0.1) is 49.1 Å². The molecule has 3 saturated heterocycles. The van der Waals surface area contributed by atoms with Crippen LogP contribution in [0.5, 0.6) is 11.6 Å². The van der Waals surface area contributed by atoms with Crippen LogP contribution in [0.4, 0.5) is 5.82 Å². The minimum Gasteiger partial charge on any atom is -0.439 e. The fourth-order valence-electron chi connectivity index (χ4n) is 16.5. The molecule has 18 atom stereocenters. The Hall–Kier alpha value is -2.98. The minimum absolute atomic E-state index is 0.00901. The molecule has 6 N–H and O–H groups in total. The zero-order valence-corrected chi connectivity index (χ0v) is 48.5. The van der Waals surface area contributed by atoms with Crippen LogP contribution in [0.1, 0.15) is 166 Å². The number of ether oxygens (including phenoxy) is 4. The van der Waals surface area contributed by atoms with Gasteiger partial charge in [-0.1, -0.05) is 112 Å². The maximum atomic E-state index is 13.3. The molecule has 80 heavy (non-hydrogen) atoms. The quantitative estimate of drug-likeness (QED) is 0.0230. The van der Waals surface area contributed by atoms with E-state index >= 15 is 0 Å². The molecule has 3 aromatic rings. The SMILES string of the molecule is O=S(=O)(O)C1CC(Nc2cc(Oc3ccc4ccccc4c3)nc(CC3CC4CCCCC4CO3)n2)CCC1C=CC1CCC(NC2CC(OC3CCC4CCCCC4C3)NC(CC3CC4CCCCC4CO3)N2)CC1SOOO. The zero-order valence-electron chi connectivity index (χ0n) is 46.8. The fourth-order valence-corrected chi connectivity index (χ4v) is 18.5. The molecule has 6 aliphatic carbocycles. The van der Waals surface area contributed by atoms with Crippen molar-refractivity contribution in [2.45, 2.75) is 226 Å². The van der Waals surface area contributed by atoms with Crippen LogP contribution in [-0.4, -0.2) is 101 Å². The van der Waals surface area contributed by atoms with Gasteiger partial charge in [0.2, 0.25) is 5.88 Å². The minimum atomic E-state index is -4.44. The van der Waals surface area contributed by atoms with Gasteiger partial charge in [-0.05, 0) is 154 Å². The molecule has 9 fully saturated rings. The Balaban J connectivity index is 0.693. The van der Waals surface area contributed by atoms with Crippen molar-refractivity contribution in [3.8, 4) is 11.6 Å². The smallest absolute Gasteiger partial charge is 0.268 e. The molecule has 18 unspecified atom stereocenters. The first-order valence-corrected chi connectivity index (χ1v) is 33.7. The Morgan fingerprint density at radius 2 is 1.36 bits per heavy atom. The normalized spacial score (nSPS) is 38.0. The van der Waals surface area contributed by atoms with Crippen LogP contribution >= 0.6 is 12.0 Å². The molecule has 0 radical (unpaired) electrons. The van der Waals surface area contributed by atoms with Gasteiger partial charge in [0.15, 0.2) is 0 Å². The number of nitrogens with one attached hydrogen (secondary N) is 4. The number of fused-ring (bicyclic) bond motifs is 4. The second-order valence-electron chi connectivity index (χ2n) is 26.0. The summed E-state index contributed by atoms with van der Waals surface area (Å²) in [6, 6.07) is 15.8. The van der Waals surface area contributed by atoms with Crippen molar-refractivity contribution in [1.29, 1.82) is 0 Å². The number of benzene rings is 2. The summed E-state index contributed by atoms with van der Waals surface area (Å²) in [6.45, 7) is 1.66. The fraction of sp³-hybridized carbons (Fsp3) is 0.742. The maximum absolute atomic E-state index is 13.3. The zero-order chi connectivity index (χ0) is 54.4. The molecule has 6 saturated carbocycles. The van der Waals surface area contributed by atoms with Crippen molar-refractivity contribution in [3.05, 3.63) is 66.5 Å². The molecule has 9 aliphatic rings. The van der Waals surface area contributed by atoms with Crippen molar-refractivity contribution in [3.63, 3.8) is 0 Å². The van der Waals surface area contributed by atoms with Gasteiger partial charge in [0.25, 0.3) is 10.1 Å². The Morgan fingerprint density at radius 1 is 0.675 bits per heavy atom. The average molecular weight is 1140 g/mol. The first-order valence-electron chi connectivity index (χ1n) is 31.3. The third-order valence-electron chi connectivity index (χ3n) is 20.7. The summed E-state index contributed by atoms with van der Waals surface area (Å²) in [6.07, 6.45) is 32.3. The lowest BCUT2D eigenvalue weighted by Gasteiger charge is -2.45. The lowest BCUT2D eigenvalue weighted by atomic mass is 9.70. The van der Waals surface area contributed by atoms with Crippen molar-refractivity contribution in [1.82, 2.24) is 25.9 Å². The van der Waals surface area contributed by atoms with Crippen LogP contribution in [0.25, 0.3) is 10.8 Å². The summed E-state index contributed by atoms with van der Waals surface area (Å²) in [5, 5.41) is 30.0. The summed E-state index contributed by atoms with van der Waals surface area (Å²) >= 11 is 1.10. The predicted octanol–water partition coefficient (Wildman–Crippen LogP) is 12.1. The van der Waals surface area contributed by atoms with Gasteiger partial charge in [0.1, 0.15) is 23.6 Å². The monoisotopic (exact) mass is 1140 g/mol. The van der Waals surface area contributed by atoms with Crippen molar-refractivity contribution < 1.29 is 46.5 Å². The number of nitrogens with zero attached hydrogens (tertiary/aromatic N) is 2. The summed E-state index contributed by atoms with van der Waals surface area (Å²) < 4.78 is 69.2. The predicted molar refractivity (Wildman–Crippen MR) is 310 cm³/mol. The Bertz CT molecular complexity index is 2590.